The van der Waals surface area contributed by atoms with Gasteiger partial charge in [0.15, 0.2) is 5.13 Å². The lowest BCUT2D eigenvalue weighted by Gasteiger charge is -2.01. The maximum Gasteiger partial charge on any atom is 0.183 e. The molecule has 1 heterocycles. The molecule has 0 saturated heterocycles. The summed E-state index contributed by atoms with van der Waals surface area (Å²) in [7, 11) is 0. The normalized spacial score (nSPS) is 10.3. The van der Waals surface area contributed by atoms with Gasteiger partial charge < -0.3 is 5.32 Å². The molecule has 0 amide bonds. The van der Waals surface area contributed by atoms with Gasteiger partial charge in [-0.15, -0.1) is 11.3 Å². The first-order valence-corrected chi connectivity index (χ1v) is 6.42. The standard InChI is InChI=1S/C13H16N2S/c1-2-6-12-10-15-13(16-12)14-9-11-7-4-3-5-8-11/h3-5,7-8,10H,2,6,9H2,1H3,(H,14,15). The average molecular weight is 232 g/mol. The first kappa shape index (κ1) is 11.1. The molecule has 1 N–H and O–H groups in total. The largest absolute Gasteiger partial charge is 0.357 e. The third-order valence-electron chi connectivity index (χ3n) is 2.34. The predicted molar refractivity (Wildman–Crippen MR) is 69.9 cm³/mol. The predicted octanol–water partition coefficient (Wildman–Crippen LogP) is 3.71. The van der Waals surface area contributed by atoms with Gasteiger partial charge >= 0.3 is 0 Å². The van der Waals surface area contributed by atoms with Gasteiger partial charge in [0.25, 0.3) is 0 Å². The Kier molecular flexibility index (Phi) is 3.94. The Balaban J connectivity index is 1.89. The highest BCUT2D eigenvalue weighted by Gasteiger charge is 2.00. The third kappa shape index (κ3) is 3.07. The van der Waals surface area contributed by atoms with Crippen LogP contribution in [0.2, 0.25) is 0 Å². The Labute approximate surface area is 100 Å². The molecule has 2 nitrogen and oxygen atoms in total. The highest BCUT2D eigenvalue weighted by atomic mass is 32.1. The van der Waals surface area contributed by atoms with E-state index >= 15 is 0 Å². The second-order valence-corrected chi connectivity index (χ2v) is 4.84. The van der Waals surface area contributed by atoms with Gasteiger partial charge in [0, 0.05) is 17.6 Å². The molecule has 1 aromatic heterocycles. The van der Waals surface area contributed by atoms with E-state index in [1.54, 1.807) is 11.3 Å². The SMILES string of the molecule is CCCc1cnc(NCc2ccccc2)s1. The van der Waals surface area contributed by atoms with Crippen LogP contribution in [0.3, 0.4) is 0 Å². The fourth-order valence-electron chi connectivity index (χ4n) is 1.52. The van der Waals surface area contributed by atoms with Crippen LogP contribution in [0.4, 0.5) is 5.13 Å². The minimum Gasteiger partial charge on any atom is -0.357 e. The summed E-state index contributed by atoms with van der Waals surface area (Å²) < 4.78 is 0. The zero-order valence-corrected chi connectivity index (χ0v) is 10.3. The van der Waals surface area contributed by atoms with Gasteiger partial charge in [-0.2, -0.15) is 0 Å². The Morgan fingerprint density at radius 3 is 2.81 bits per heavy atom. The summed E-state index contributed by atoms with van der Waals surface area (Å²) in [5.74, 6) is 0. The molecular weight excluding hydrogens is 216 g/mol. The number of hydrogen-bond donors (Lipinski definition) is 1. The molecule has 0 aliphatic heterocycles. The molecule has 0 bridgehead atoms. The van der Waals surface area contributed by atoms with E-state index in [1.165, 1.54) is 16.9 Å². The topological polar surface area (TPSA) is 24.9 Å². The van der Waals surface area contributed by atoms with Gasteiger partial charge in [-0.25, -0.2) is 4.98 Å². The van der Waals surface area contributed by atoms with Crippen molar-refractivity contribution in [1.29, 1.82) is 0 Å². The van der Waals surface area contributed by atoms with Gasteiger partial charge in [-0.1, -0.05) is 43.7 Å². The smallest absolute Gasteiger partial charge is 0.183 e. The van der Waals surface area contributed by atoms with E-state index in [2.05, 4.69) is 41.5 Å². The molecule has 1 aromatic carbocycles. The Hall–Kier alpha value is -1.35. The average Bonchev–Trinajstić information content (AvgIpc) is 2.76. The van der Waals surface area contributed by atoms with Crippen molar-refractivity contribution in [3.8, 4) is 0 Å². The third-order valence-corrected chi connectivity index (χ3v) is 3.35. The molecule has 0 spiro atoms. The molecule has 3 heteroatoms. The van der Waals surface area contributed by atoms with Crippen molar-refractivity contribution in [2.45, 2.75) is 26.3 Å². The summed E-state index contributed by atoms with van der Waals surface area (Å²) >= 11 is 1.75. The van der Waals surface area contributed by atoms with Gasteiger partial charge in [0.2, 0.25) is 0 Å². The summed E-state index contributed by atoms with van der Waals surface area (Å²) in [5.41, 5.74) is 1.29. The molecule has 0 radical (unpaired) electrons. The molecule has 0 atom stereocenters. The van der Waals surface area contributed by atoms with Crippen molar-refractivity contribution in [3.63, 3.8) is 0 Å². The summed E-state index contributed by atoms with van der Waals surface area (Å²) in [4.78, 5) is 5.72. The van der Waals surface area contributed by atoms with Crippen molar-refractivity contribution < 1.29 is 0 Å². The van der Waals surface area contributed by atoms with Crippen LogP contribution in [-0.2, 0) is 13.0 Å². The van der Waals surface area contributed by atoms with Crippen molar-refractivity contribution in [2.75, 3.05) is 5.32 Å². The van der Waals surface area contributed by atoms with E-state index in [-0.39, 0.29) is 0 Å². The zero-order chi connectivity index (χ0) is 11.2. The van der Waals surface area contributed by atoms with Crippen molar-refractivity contribution in [1.82, 2.24) is 4.98 Å². The lowest BCUT2D eigenvalue weighted by atomic mass is 10.2. The number of hydrogen-bond acceptors (Lipinski definition) is 3. The number of rotatable bonds is 5. The molecule has 2 aromatic rings. The van der Waals surface area contributed by atoms with E-state index < -0.39 is 0 Å². The molecule has 0 aliphatic rings. The molecular formula is C13H16N2S. The molecule has 16 heavy (non-hydrogen) atoms. The summed E-state index contributed by atoms with van der Waals surface area (Å²) in [6.07, 6.45) is 4.28. The van der Waals surface area contributed by atoms with Crippen molar-refractivity contribution in [2.24, 2.45) is 0 Å². The monoisotopic (exact) mass is 232 g/mol. The van der Waals surface area contributed by atoms with Crippen molar-refractivity contribution in [3.05, 3.63) is 47.0 Å². The molecule has 0 aliphatic carbocycles. The van der Waals surface area contributed by atoms with E-state index in [0.717, 1.165) is 18.1 Å². The summed E-state index contributed by atoms with van der Waals surface area (Å²) in [6, 6.07) is 10.4. The van der Waals surface area contributed by atoms with Gasteiger partial charge in [-0.3, -0.25) is 0 Å². The van der Waals surface area contributed by atoms with E-state index in [1.807, 2.05) is 12.3 Å². The van der Waals surface area contributed by atoms with Crippen molar-refractivity contribution >= 4 is 16.5 Å². The van der Waals surface area contributed by atoms with Crippen LogP contribution in [0.1, 0.15) is 23.8 Å². The highest BCUT2D eigenvalue weighted by Crippen LogP contribution is 2.19. The Morgan fingerprint density at radius 2 is 2.06 bits per heavy atom. The van der Waals surface area contributed by atoms with Crippen LogP contribution in [-0.4, -0.2) is 4.98 Å². The number of aryl methyl sites for hydroxylation is 1. The maximum atomic E-state index is 4.36. The molecule has 0 fully saturated rings. The quantitative estimate of drug-likeness (QED) is 0.850. The lowest BCUT2D eigenvalue weighted by Crippen LogP contribution is -1.97. The number of thiazole rings is 1. The van der Waals surface area contributed by atoms with Crippen LogP contribution in [0, 0.1) is 0 Å². The lowest BCUT2D eigenvalue weighted by molar-refractivity contribution is 0.936. The second kappa shape index (κ2) is 5.66. The molecule has 2 rings (SSSR count). The fraction of sp³-hybridized carbons (Fsp3) is 0.308. The number of anilines is 1. The first-order chi connectivity index (χ1) is 7.88. The maximum absolute atomic E-state index is 4.36. The van der Waals surface area contributed by atoms with Crippen LogP contribution in [0.25, 0.3) is 0 Å². The molecule has 0 saturated carbocycles. The number of nitrogens with zero attached hydrogens (tertiary/aromatic N) is 1. The van der Waals surface area contributed by atoms with Crippen LogP contribution >= 0.6 is 11.3 Å². The van der Waals surface area contributed by atoms with Crippen LogP contribution < -0.4 is 5.32 Å². The van der Waals surface area contributed by atoms with Gasteiger partial charge in [0.05, 0.1) is 0 Å². The van der Waals surface area contributed by atoms with E-state index in [4.69, 9.17) is 0 Å². The minimum absolute atomic E-state index is 0.847. The summed E-state index contributed by atoms with van der Waals surface area (Å²) in [6.45, 7) is 3.04. The van der Waals surface area contributed by atoms with E-state index in [9.17, 15) is 0 Å². The van der Waals surface area contributed by atoms with E-state index in [0.29, 0.717) is 0 Å². The zero-order valence-electron chi connectivity index (χ0n) is 9.44. The Morgan fingerprint density at radius 1 is 1.25 bits per heavy atom. The fourth-order valence-corrected chi connectivity index (χ4v) is 2.43. The Bertz CT molecular complexity index is 423. The molecule has 84 valence electrons. The first-order valence-electron chi connectivity index (χ1n) is 5.61. The minimum atomic E-state index is 0.847. The number of benzene rings is 1. The van der Waals surface area contributed by atoms with Gasteiger partial charge in [-0.05, 0) is 12.0 Å². The number of nitrogens with one attached hydrogen (secondary N) is 1. The highest BCUT2D eigenvalue weighted by molar-refractivity contribution is 7.15. The number of aromatic nitrogens is 1. The second-order valence-electron chi connectivity index (χ2n) is 3.72. The van der Waals surface area contributed by atoms with Gasteiger partial charge in [0.1, 0.15) is 0 Å². The summed E-state index contributed by atoms with van der Waals surface area (Å²) in [5, 5.41) is 4.37. The van der Waals surface area contributed by atoms with Crippen LogP contribution in [0.15, 0.2) is 36.5 Å². The van der Waals surface area contributed by atoms with Crippen LogP contribution in [0.5, 0.6) is 0 Å². The molecule has 0 unspecified atom stereocenters.